The molecule has 1 saturated heterocycles. The molecule has 0 radical (unpaired) electrons. The first-order chi connectivity index (χ1) is 17.9. The summed E-state index contributed by atoms with van der Waals surface area (Å²) in [6.45, 7) is 1.77. The van der Waals surface area contributed by atoms with Crippen molar-refractivity contribution in [2.75, 3.05) is 32.4 Å². The molecule has 1 aliphatic heterocycles. The van der Waals surface area contributed by atoms with Gasteiger partial charge in [0.05, 0.1) is 11.7 Å². The van der Waals surface area contributed by atoms with E-state index in [-0.39, 0.29) is 23.5 Å². The predicted octanol–water partition coefficient (Wildman–Crippen LogP) is 3.80. The first-order valence-corrected chi connectivity index (χ1v) is 13.5. The van der Waals surface area contributed by atoms with Crippen LogP contribution in [0.25, 0.3) is 16.9 Å². The Hall–Kier alpha value is -3.17. The summed E-state index contributed by atoms with van der Waals surface area (Å²) in [5.74, 6) is 0.197. The normalized spacial score (nSPS) is 19.3. The van der Waals surface area contributed by atoms with E-state index in [1.165, 1.54) is 49.4 Å². The van der Waals surface area contributed by atoms with E-state index in [0.29, 0.717) is 47.4 Å². The fourth-order valence-electron chi connectivity index (χ4n) is 5.65. The number of nitrogens with two attached hydrogens (primary N) is 1. The molecule has 0 bridgehead atoms. The highest BCUT2D eigenvalue weighted by Gasteiger charge is 2.31. The number of aromatic nitrogens is 4. The minimum Gasteiger partial charge on any atom is -0.382 e. The quantitative estimate of drug-likeness (QED) is 0.389. The second-order valence-electron chi connectivity index (χ2n) is 10.1. The Labute approximate surface area is 221 Å². The van der Waals surface area contributed by atoms with Crippen molar-refractivity contribution in [2.45, 2.75) is 57.0 Å². The number of carbonyl (C=O) groups is 1. The van der Waals surface area contributed by atoms with Crippen molar-refractivity contribution in [1.82, 2.24) is 28.9 Å². The molecule has 2 fully saturated rings. The Balaban J connectivity index is 1.32. The van der Waals surface area contributed by atoms with E-state index in [1.807, 2.05) is 6.08 Å². The number of nitrogens with zero attached hydrogens (tertiary/aromatic N) is 6. The number of hydrogen-bond acceptors (Lipinski definition) is 6. The van der Waals surface area contributed by atoms with Gasteiger partial charge in [-0.25, -0.2) is 14.8 Å². The minimum absolute atomic E-state index is 0.0274. The third-order valence-corrected chi connectivity index (χ3v) is 7.96. The number of hydrogen-bond donors (Lipinski definition) is 1. The topological polar surface area (TPSA) is 102 Å². The van der Waals surface area contributed by atoms with E-state index in [1.54, 1.807) is 39.8 Å². The van der Waals surface area contributed by atoms with Crippen molar-refractivity contribution in [1.29, 1.82) is 0 Å². The molecule has 2 aromatic heterocycles. The standard InChI is InChI=1S/C27H34ClN7O2/c1-32(20-7-4-2-3-5-8-20)15-6-9-23(36)33-16-14-22(17-33)35-26-24(25(29)30-18-31-26)34(27(35)37)21-12-10-19(28)11-13-21/h6,9-13,18,20,22H,2-5,7-8,14-17H2,1H3,(H2,29,30,31)/b9-6+. The molecule has 2 aliphatic rings. The fourth-order valence-corrected chi connectivity index (χ4v) is 5.78. The lowest BCUT2D eigenvalue weighted by Gasteiger charge is -2.25. The lowest BCUT2D eigenvalue weighted by atomic mass is 10.1. The molecular weight excluding hydrogens is 490 g/mol. The number of likely N-dealkylation sites (tertiary alicyclic amines) is 1. The van der Waals surface area contributed by atoms with Gasteiger partial charge in [-0.3, -0.25) is 18.8 Å². The van der Waals surface area contributed by atoms with Crippen molar-refractivity contribution in [3.05, 3.63) is 58.3 Å². The van der Waals surface area contributed by atoms with Gasteiger partial charge in [-0.2, -0.15) is 0 Å². The molecule has 3 heterocycles. The number of rotatable bonds is 6. The van der Waals surface area contributed by atoms with Gasteiger partial charge in [0.1, 0.15) is 11.8 Å². The Kier molecular flexibility index (Phi) is 7.62. The first kappa shape index (κ1) is 25.5. The molecular formula is C27H34ClN7O2. The van der Waals surface area contributed by atoms with Gasteiger partial charge in [0, 0.05) is 36.8 Å². The zero-order valence-electron chi connectivity index (χ0n) is 21.2. The summed E-state index contributed by atoms with van der Waals surface area (Å²) in [5, 5.41) is 0.572. The molecule has 37 heavy (non-hydrogen) atoms. The van der Waals surface area contributed by atoms with Crippen LogP contribution in [-0.2, 0) is 4.79 Å². The maximum absolute atomic E-state index is 13.7. The van der Waals surface area contributed by atoms with Crippen molar-refractivity contribution in [2.24, 2.45) is 0 Å². The third-order valence-electron chi connectivity index (χ3n) is 7.71. The molecule has 3 aromatic rings. The number of anilines is 1. The predicted molar refractivity (Wildman–Crippen MR) is 146 cm³/mol. The molecule has 0 spiro atoms. The van der Waals surface area contributed by atoms with Crippen LogP contribution in [0.5, 0.6) is 0 Å². The summed E-state index contributed by atoms with van der Waals surface area (Å²) in [6, 6.07) is 7.37. The first-order valence-electron chi connectivity index (χ1n) is 13.1. The summed E-state index contributed by atoms with van der Waals surface area (Å²) in [5.41, 5.74) is 7.49. The fraction of sp³-hybridized carbons (Fsp3) is 0.481. The molecule has 2 N–H and O–H groups in total. The lowest BCUT2D eigenvalue weighted by molar-refractivity contribution is -0.125. The van der Waals surface area contributed by atoms with Crippen LogP contribution in [0.15, 0.2) is 47.5 Å². The molecule has 10 heteroatoms. The van der Waals surface area contributed by atoms with E-state index < -0.39 is 0 Å². The molecule has 1 aromatic carbocycles. The van der Waals surface area contributed by atoms with Gasteiger partial charge in [0.25, 0.3) is 0 Å². The van der Waals surface area contributed by atoms with Crippen LogP contribution < -0.4 is 11.4 Å². The number of halogens is 1. The molecule has 1 amide bonds. The molecule has 9 nitrogen and oxygen atoms in total. The van der Waals surface area contributed by atoms with E-state index in [9.17, 15) is 9.59 Å². The van der Waals surface area contributed by atoms with E-state index in [0.717, 1.165) is 6.54 Å². The maximum Gasteiger partial charge on any atom is 0.335 e. The van der Waals surface area contributed by atoms with Crippen molar-refractivity contribution >= 4 is 34.5 Å². The van der Waals surface area contributed by atoms with E-state index in [2.05, 4.69) is 21.9 Å². The summed E-state index contributed by atoms with van der Waals surface area (Å²) >= 11 is 6.05. The van der Waals surface area contributed by atoms with Crippen LogP contribution in [0.3, 0.4) is 0 Å². The Morgan fingerprint density at radius 3 is 2.59 bits per heavy atom. The highest BCUT2D eigenvalue weighted by molar-refractivity contribution is 6.30. The molecule has 5 rings (SSSR count). The summed E-state index contributed by atoms with van der Waals surface area (Å²) < 4.78 is 3.17. The van der Waals surface area contributed by atoms with Crippen LogP contribution in [-0.4, -0.2) is 67.5 Å². The summed E-state index contributed by atoms with van der Waals surface area (Å²) in [4.78, 5) is 39.3. The lowest BCUT2D eigenvalue weighted by Crippen LogP contribution is -2.32. The molecule has 1 aliphatic carbocycles. The van der Waals surface area contributed by atoms with Gasteiger partial charge in [-0.15, -0.1) is 0 Å². The van der Waals surface area contributed by atoms with Crippen molar-refractivity contribution in [3.8, 4) is 5.69 Å². The van der Waals surface area contributed by atoms with Crippen LogP contribution in [0.4, 0.5) is 5.82 Å². The number of likely N-dealkylation sites (N-methyl/N-ethyl adjacent to an activating group) is 1. The van der Waals surface area contributed by atoms with Gasteiger partial charge in [-0.1, -0.05) is 43.4 Å². The average molecular weight is 524 g/mol. The number of fused-ring (bicyclic) bond motifs is 1. The number of imidazole rings is 1. The van der Waals surface area contributed by atoms with Crippen molar-refractivity contribution in [3.63, 3.8) is 0 Å². The summed E-state index contributed by atoms with van der Waals surface area (Å²) in [7, 11) is 2.15. The van der Waals surface area contributed by atoms with Gasteiger partial charge < -0.3 is 10.6 Å². The average Bonchev–Trinajstić information content (AvgIpc) is 3.36. The monoisotopic (exact) mass is 523 g/mol. The Morgan fingerprint density at radius 1 is 1.14 bits per heavy atom. The summed E-state index contributed by atoms with van der Waals surface area (Å²) in [6.07, 6.45) is 13.4. The highest BCUT2D eigenvalue weighted by Crippen LogP contribution is 2.28. The molecule has 1 atom stereocenters. The second kappa shape index (κ2) is 11.1. The number of nitrogen functional groups attached to an aromatic ring is 1. The van der Waals surface area contributed by atoms with Crippen LogP contribution in [0.1, 0.15) is 51.0 Å². The third kappa shape index (κ3) is 5.29. The Bertz CT molecular complexity index is 1340. The van der Waals surface area contributed by atoms with Gasteiger partial charge in [0.15, 0.2) is 11.5 Å². The van der Waals surface area contributed by atoms with E-state index in [4.69, 9.17) is 17.3 Å². The number of benzene rings is 1. The van der Waals surface area contributed by atoms with Crippen LogP contribution in [0.2, 0.25) is 5.02 Å². The largest absolute Gasteiger partial charge is 0.382 e. The zero-order chi connectivity index (χ0) is 25.9. The van der Waals surface area contributed by atoms with Gasteiger partial charge in [0.2, 0.25) is 5.91 Å². The van der Waals surface area contributed by atoms with Gasteiger partial charge in [-0.05, 0) is 50.6 Å². The van der Waals surface area contributed by atoms with Crippen molar-refractivity contribution < 1.29 is 4.79 Å². The SMILES string of the molecule is CN(C/C=C/C(=O)N1CCC(n2c(=O)n(-c3ccc(Cl)cc3)c3c(N)ncnc32)C1)C1CCCCCC1. The number of carbonyl (C=O) groups excluding carboxylic acids is 1. The molecule has 1 saturated carbocycles. The second-order valence-corrected chi connectivity index (χ2v) is 10.5. The molecule has 196 valence electrons. The number of amides is 1. The van der Waals surface area contributed by atoms with Gasteiger partial charge >= 0.3 is 5.69 Å². The van der Waals surface area contributed by atoms with E-state index >= 15 is 0 Å². The maximum atomic E-state index is 13.7. The zero-order valence-corrected chi connectivity index (χ0v) is 22.0. The minimum atomic E-state index is -0.260. The highest BCUT2D eigenvalue weighted by atomic mass is 35.5. The smallest absolute Gasteiger partial charge is 0.335 e. The Morgan fingerprint density at radius 2 is 1.86 bits per heavy atom. The molecule has 1 unspecified atom stereocenters. The van der Waals surface area contributed by atoms with Crippen LogP contribution >= 0.6 is 11.6 Å². The van der Waals surface area contributed by atoms with Crippen LogP contribution in [0, 0.1) is 0 Å².